The van der Waals surface area contributed by atoms with E-state index in [1.165, 1.54) is 0 Å². The molecule has 0 bridgehead atoms. The first-order valence-electron chi connectivity index (χ1n) is 5.23. The van der Waals surface area contributed by atoms with Gasteiger partial charge in [-0.2, -0.15) is 4.08 Å². The quantitative estimate of drug-likeness (QED) is 0.843. The molecule has 8 heteroatoms. The Hall–Kier alpha value is -0.460. The van der Waals surface area contributed by atoms with E-state index in [9.17, 15) is 13.3 Å². The summed E-state index contributed by atoms with van der Waals surface area (Å²) in [5.41, 5.74) is 1.29. The summed E-state index contributed by atoms with van der Waals surface area (Å²) < 4.78 is 29.4. The molecular formula is C10H16NO4PS2. The molecule has 1 rings (SSSR count). The molecule has 0 fully saturated rings. The van der Waals surface area contributed by atoms with Gasteiger partial charge in [0.05, 0.1) is 18.6 Å². The Morgan fingerprint density at radius 3 is 2.28 bits per heavy atom. The molecule has 0 saturated carbocycles. The van der Waals surface area contributed by atoms with Gasteiger partial charge in [0, 0.05) is 0 Å². The molecule has 1 N–H and O–H groups in total. The van der Waals surface area contributed by atoms with E-state index in [1.54, 1.807) is 31.2 Å². The van der Waals surface area contributed by atoms with E-state index in [1.807, 2.05) is 6.92 Å². The first kappa shape index (κ1) is 15.6. The van der Waals surface area contributed by atoms with E-state index >= 15 is 0 Å². The lowest BCUT2D eigenvalue weighted by atomic mass is 10.2. The molecule has 1 unspecified atom stereocenters. The second kappa shape index (κ2) is 5.67. The van der Waals surface area contributed by atoms with Crippen molar-refractivity contribution < 1.29 is 17.8 Å². The molecule has 5 nitrogen and oxygen atoms in total. The molecule has 1 aromatic carbocycles. The highest BCUT2D eigenvalue weighted by Gasteiger charge is 2.32. The normalized spacial score (nSPS) is 15.1. The molecule has 0 amide bonds. The van der Waals surface area contributed by atoms with Crippen molar-refractivity contribution in [3.8, 4) is 0 Å². The second-order valence-electron chi connectivity index (χ2n) is 3.75. The summed E-state index contributed by atoms with van der Waals surface area (Å²) in [4.78, 5) is 10.1. The molecule has 102 valence electrons. The Balaban J connectivity index is 3.32. The van der Waals surface area contributed by atoms with Gasteiger partial charge in [-0.25, -0.2) is 8.42 Å². The zero-order chi connectivity index (χ0) is 14.0. The number of benzene rings is 1. The van der Waals surface area contributed by atoms with E-state index in [0.717, 1.165) is 15.9 Å². The van der Waals surface area contributed by atoms with Gasteiger partial charge in [0.2, 0.25) is 10.0 Å². The summed E-state index contributed by atoms with van der Waals surface area (Å²) in [6, 6.07) is 6.67. The minimum atomic E-state index is -3.71. The van der Waals surface area contributed by atoms with Gasteiger partial charge in [-0.3, -0.25) is 0 Å². The van der Waals surface area contributed by atoms with Gasteiger partial charge in [-0.15, -0.1) is 0 Å². The van der Waals surface area contributed by atoms with Gasteiger partial charge in [-0.1, -0.05) is 17.7 Å². The predicted molar refractivity (Wildman–Crippen MR) is 76.6 cm³/mol. The first-order valence-corrected chi connectivity index (χ1v) is 9.70. The number of anilines is 1. The maximum atomic E-state index is 11.8. The third kappa shape index (κ3) is 3.76. The molecule has 0 aliphatic heterocycles. The molecule has 0 aliphatic rings. The molecule has 0 heterocycles. The van der Waals surface area contributed by atoms with E-state index in [4.69, 9.17) is 16.3 Å². The van der Waals surface area contributed by atoms with Crippen molar-refractivity contribution in [3.63, 3.8) is 0 Å². The van der Waals surface area contributed by atoms with Gasteiger partial charge in [0.25, 0.3) is 0 Å². The third-order valence-electron chi connectivity index (χ3n) is 2.10. The van der Waals surface area contributed by atoms with Crippen molar-refractivity contribution in [1.29, 1.82) is 0 Å². The van der Waals surface area contributed by atoms with Crippen LogP contribution in [0.2, 0.25) is 0 Å². The van der Waals surface area contributed by atoms with Crippen molar-refractivity contribution in [2.24, 2.45) is 0 Å². The maximum Gasteiger partial charge on any atom is 0.301 e. The number of hydrogen-bond acceptors (Lipinski definition) is 4. The number of sulfonamides is 1. The lowest BCUT2D eigenvalue weighted by molar-refractivity contribution is 0.328. The standard InChI is InChI=1S/C10H16NO4PS2/c1-4-15-16(12,17)11(18(3,13)14)10-7-5-9(2)6-8-10/h5-8H,4H2,1-3H3,(H,12,17). The van der Waals surface area contributed by atoms with Crippen molar-refractivity contribution in [3.05, 3.63) is 29.8 Å². The average Bonchev–Trinajstić information content (AvgIpc) is 2.18. The van der Waals surface area contributed by atoms with Crippen molar-refractivity contribution in [2.75, 3.05) is 16.9 Å². The van der Waals surface area contributed by atoms with Crippen LogP contribution in [0.5, 0.6) is 0 Å². The largest absolute Gasteiger partial charge is 0.329 e. The molecule has 1 aromatic rings. The van der Waals surface area contributed by atoms with E-state index in [2.05, 4.69) is 0 Å². The number of nitrogens with zero attached hydrogens (tertiary/aromatic N) is 1. The molecule has 0 aliphatic carbocycles. The highest BCUT2D eigenvalue weighted by atomic mass is 32.5. The molecule has 0 saturated heterocycles. The number of hydrogen-bond donors (Lipinski definition) is 1. The van der Waals surface area contributed by atoms with Crippen molar-refractivity contribution >= 4 is 34.2 Å². The second-order valence-corrected chi connectivity index (χ2v) is 8.92. The van der Waals surface area contributed by atoms with Crippen LogP contribution in [-0.2, 0) is 26.4 Å². The molecule has 1 atom stereocenters. The maximum absolute atomic E-state index is 11.8. The topological polar surface area (TPSA) is 66.8 Å². The summed E-state index contributed by atoms with van der Waals surface area (Å²) in [5, 5.41) is 0. The van der Waals surface area contributed by atoms with Crippen LogP contribution in [-0.4, -0.2) is 26.2 Å². The van der Waals surface area contributed by atoms with Crippen LogP contribution in [0.4, 0.5) is 5.69 Å². The smallest absolute Gasteiger partial charge is 0.301 e. The monoisotopic (exact) mass is 309 g/mol. The van der Waals surface area contributed by atoms with Crippen LogP contribution in [0.25, 0.3) is 0 Å². The van der Waals surface area contributed by atoms with Crippen molar-refractivity contribution in [2.45, 2.75) is 13.8 Å². The fourth-order valence-corrected chi connectivity index (χ4v) is 6.12. The minimum Gasteiger partial charge on any atom is -0.329 e. The van der Waals surface area contributed by atoms with Crippen LogP contribution in [0.1, 0.15) is 12.5 Å². The number of rotatable bonds is 5. The fraction of sp³-hybridized carbons (Fsp3) is 0.400. The fourth-order valence-electron chi connectivity index (χ4n) is 1.42. The summed E-state index contributed by atoms with van der Waals surface area (Å²) in [6.07, 6.45) is 0.989. The summed E-state index contributed by atoms with van der Waals surface area (Å²) in [7, 11) is -3.71. The predicted octanol–water partition coefficient (Wildman–Crippen LogP) is 2.01. The zero-order valence-corrected chi connectivity index (χ0v) is 12.9. The average molecular weight is 309 g/mol. The highest BCUT2D eigenvalue weighted by molar-refractivity contribution is 8.17. The lowest BCUT2D eigenvalue weighted by Gasteiger charge is -2.29. The summed E-state index contributed by atoms with van der Waals surface area (Å²) >= 11 is 4.92. The Morgan fingerprint density at radius 1 is 1.39 bits per heavy atom. The van der Waals surface area contributed by atoms with Gasteiger partial charge < -0.3 is 9.42 Å². The zero-order valence-electron chi connectivity index (χ0n) is 10.4. The minimum absolute atomic E-state index is 0.145. The Bertz CT molecular complexity index is 556. The Morgan fingerprint density at radius 2 is 1.89 bits per heavy atom. The van der Waals surface area contributed by atoms with Crippen LogP contribution < -0.4 is 4.08 Å². The van der Waals surface area contributed by atoms with Gasteiger partial charge in [-0.05, 0) is 37.8 Å². The van der Waals surface area contributed by atoms with Gasteiger partial charge in [0.1, 0.15) is 0 Å². The van der Waals surface area contributed by atoms with Gasteiger partial charge >= 0.3 is 6.64 Å². The van der Waals surface area contributed by atoms with Crippen LogP contribution >= 0.6 is 6.64 Å². The summed E-state index contributed by atoms with van der Waals surface area (Å²) in [5.74, 6) is 0. The summed E-state index contributed by atoms with van der Waals surface area (Å²) in [6.45, 7) is 0.0888. The third-order valence-corrected chi connectivity index (χ3v) is 6.89. The molecule has 0 radical (unpaired) electrons. The molecule has 0 spiro atoms. The molecule has 0 aromatic heterocycles. The van der Waals surface area contributed by atoms with Crippen molar-refractivity contribution in [1.82, 2.24) is 0 Å². The van der Waals surface area contributed by atoms with Gasteiger partial charge in [0.15, 0.2) is 0 Å². The number of aryl methyl sites for hydroxylation is 1. The van der Waals surface area contributed by atoms with Crippen LogP contribution in [0, 0.1) is 6.92 Å². The van der Waals surface area contributed by atoms with E-state index in [-0.39, 0.29) is 6.61 Å². The molecular weight excluding hydrogens is 293 g/mol. The van der Waals surface area contributed by atoms with E-state index in [0.29, 0.717) is 5.69 Å². The van der Waals surface area contributed by atoms with Crippen LogP contribution in [0.3, 0.4) is 0 Å². The first-order chi connectivity index (χ1) is 8.18. The van der Waals surface area contributed by atoms with E-state index < -0.39 is 16.7 Å². The Labute approximate surface area is 113 Å². The molecule has 18 heavy (non-hydrogen) atoms. The Kier molecular flexibility index (Phi) is 4.91. The SMILES string of the molecule is CCOP(O)(=S)N(c1ccc(C)cc1)S(C)(=O)=O. The lowest BCUT2D eigenvalue weighted by Crippen LogP contribution is -2.27. The van der Waals surface area contributed by atoms with Crippen LogP contribution in [0.15, 0.2) is 24.3 Å². The highest BCUT2D eigenvalue weighted by Crippen LogP contribution is 2.51.